The second-order valence-electron chi connectivity index (χ2n) is 7.06. The fraction of sp³-hybridized carbons (Fsp3) is 0.810. The number of carbonyl (C=O) groups is 2. The summed E-state index contributed by atoms with van der Waals surface area (Å²) in [6.45, 7) is 10.5. The van der Waals surface area contributed by atoms with Crippen molar-refractivity contribution in [2.45, 2.75) is 91.0 Å². The van der Waals surface area contributed by atoms with Gasteiger partial charge in [-0.25, -0.2) is 4.79 Å². The van der Waals surface area contributed by atoms with Crippen LogP contribution >= 0.6 is 0 Å². The van der Waals surface area contributed by atoms with Crippen molar-refractivity contribution in [2.75, 3.05) is 19.7 Å². The topological polar surface area (TPSA) is 46.6 Å². The van der Waals surface area contributed by atoms with Crippen LogP contribution in [0.5, 0.6) is 0 Å². The van der Waals surface area contributed by atoms with Crippen molar-refractivity contribution in [3.63, 3.8) is 0 Å². The Morgan fingerprint density at radius 2 is 1.68 bits per heavy atom. The largest absolute Gasteiger partial charge is 0.463 e. The zero-order valence-electron chi connectivity index (χ0n) is 16.7. The molecule has 1 aliphatic rings. The molecule has 0 aromatic carbocycles. The maximum Gasteiger partial charge on any atom is 0.331 e. The van der Waals surface area contributed by atoms with Crippen LogP contribution < -0.4 is 0 Å². The van der Waals surface area contributed by atoms with Crippen molar-refractivity contribution >= 4 is 11.8 Å². The molecule has 4 heteroatoms. The Balaban J connectivity index is 3.29. The maximum absolute atomic E-state index is 12.8. The van der Waals surface area contributed by atoms with E-state index in [0.717, 1.165) is 64.5 Å². The number of piperidine rings is 1. The van der Waals surface area contributed by atoms with Gasteiger partial charge in [0.2, 0.25) is 0 Å². The molecule has 0 aromatic heterocycles. The Kier molecular flexibility index (Phi) is 10.0. The minimum Gasteiger partial charge on any atom is -0.463 e. The maximum atomic E-state index is 12.8. The number of hydrogen-bond donors (Lipinski definition) is 0. The van der Waals surface area contributed by atoms with Gasteiger partial charge in [0.05, 0.1) is 6.61 Å². The van der Waals surface area contributed by atoms with E-state index < -0.39 is 0 Å². The predicted molar refractivity (Wildman–Crippen MR) is 103 cm³/mol. The molecule has 1 heterocycles. The highest BCUT2D eigenvalue weighted by molar-refractivity contribution is 6.03. The Bertz CT molecular complexity index is 448. The Morgan fingerprint density at radius 3 is 2.20 bits per heavy atom. The molecule has 25 heavy (non-hydrogen) atoms. The van der Waals surface area contributed by atoms with Gasteiger partial charge in [-0.3, -0.25) is 9.69 Å². The fourth-order valence-electron chi connectivity index (χ4n) is 3.86. The van der Waals surface area contributed by atoms with E-state index in [1.54, 1.807) is 6.92 Å². The third-order valence-electron chi connectivity index (χ3n) is 5.23. The van der Waals surface area contributed by atoms with Crippen LogP contribution in [0.1, 0.15) is 85.5 Å². The van der Waals surface area contributed by atoms with Crippen LogP contribution in [-0.4, -0.2) is 41.9 Å². The lowest BCUT2D eigenvalue weighted by Crippen LogP contribution is -2.56. The zero-order chi connectivity index (χ0) is 18.7. The van der Waals surface area contributed by atoms with Gasteiger partial charge in [0.15, 0.2) is 5.78 Å². The van der Waals surface area contributed by atoms with E-state index in [9.17, 15) is 9.59 Å². The standard InChI is InChI=1S/C21H37NO3/c1-5-9-13-21(14-10-6-2)18(17-20(24)25-8-4)19(23)12-16-22(21)15-11-7-3/h17H,5-16H2,1-4H3. The second kappa shape index (κ2) is 11.5. The molecule has 0 radical (unpaired) electrons. The summed E-state index contributed by atoms with van der Waals surface area (Å²) in [4.78, 5) is 27.4. The minimum absolute atomic E-state index is 0.132. The molecular weight excluding hydrogens is 314 g/mol. The van der Waals surface area contributed by atoms with Crippen molar-refractivity contribution in [2.24, 2.45) is 0 Å². The van der Waals surface area contributed by atoms with Gasteiger partial charge in [0.25, 0.3) is 0 Å². The molecule has 0 aromatic rings. The fourth-order valence-corrected chi connectivity index (χ4v) is 3.86. The molecule has 1 fully saturated rings. The number of ketones is 1. The molecular formula is C21H37NO3. The number of likely N-dealkylation sites (tertiary alicyclic amines) is 1. The summed E-state index contributed by atoms with van der Waals surface area (Å²) >= 11 is 0. The van der Waals surface area contributed by atoms with Crippen LogP contribution in [-0.2, 0) is 14.3 Å². The summed E-state index contributed by atoms with van der Waals surface area (Å²) in [5.41, 5.74) is 0.415. The SMILES string of the molecule is CCCCN1CCC(=O)C(=CC(=O)OCC)C1(CCCC)CCCC. The van der Waals surface area contributed by atoms with Crippen LogP contribution in [0, 0.1) is 0 Å². The number of Topliss-reactive ketones (excluding diaryl/α,β-unsaturated/α-hetero) is 1. The molecule has 1 rings (SSSR count). The summed E-state index contributed by atoms with van der Waals surface area (Å²) < 4.78 is 5.13. The lowest BCUT2D eigenvalue weighted by atomic mass is 9.73. The van der Waals surface area contributed by atoms with Gasteiger partial charge in [0.1, 0.15) is 0 Å². The lowest BCUT2D eigenvalue weighted by molar-refractivity contribution is -0.138. The molecule has 0 amide bonds. The summed E-state index contributed by atoms with van der Waals surface area (Å²) in [6.07, 6.45) is 10.5. The smallest absolute Gasteiger partial charge is 0.331 e. The van der Waals surface area contributed by atoms with E-state index in [-0.39, 0.29) is 17.3 Å². The van der Waals surface area contributed by atoms with E-state index in [0.29, 0.717) is 18.6 Å². The molecule has 0 unspecified atom stereocenters. The van der Waals surface area contributed by atoms with Crippen molar-refractivity contribution in [3.8, 4) is 0 Å². The van der Waals surface area contributed by atoms with Crippen molar-refractivity contribution in [1.82, 2.24) is 4.90 Å². The Labute approximate surface area is 154 Å². The molecule has 4 nitrogen and oxygen atoms in total. The average molecular weight is 352 g/mol. The number of esters is 1. The van der Waals surface area contributed by atoms with Crippen molar-refractivity contribution < 1.29 is 14.3 Å². The molecule has 1 saturated heterocycles. The molecule has 0 bridgehead atoms. The van der Waals surface area contributed by atoms with Crippen LogP contribution in [0.2, 0.25) is 0 Å². The quantitative estimate of drug-likeness (QED) is 0.401. The van der Waals surface area contributed by atoms with Crippen LogP contribution in [0.4, 0.5) is 0 Å². The van der Waals surface area contributed by atoms with E-state index in [1.165, 1.54) is 6.08 Å². The first-order valence-corrected chi connectivity index (χ1v) is 10.2. The first-order valence-electron chi connectivity index (χ1n) is 10.2. The van der Waals surface area contributed by atoms with E-state index in [4.69, 9.17) is 4.74 Å². The first-order chi connectivity index (χ1) is 12.1. The molecule has 0 atom stereocenters. The van der Waals surface area contributed by atoms with E-state index in [2.05, 4.69) is 25.7 Å². The number of ether oxygens (including phenoxy) is 1. The first kappa shape index (κ1) is 21.9. The highest BCUT2D eigenvalue weighted by atomic mass is 16.5. The third-order valence-corrected chi connectivity index (χ3v) is 5.23. The normalized spacial score (nSPS) is 19.4. The minimum atomic E-state index is -0.374. The summed E-state index contributed by atoms with van der Waals surface area (Å²) in [6, 6.07) is 0. The monoisotopic (exact) mass is 351 g/mol. The molecule has 0 spiro atoms. The molecule has 1 aliphatic heterocycles. The zero-order valence-corrected chi connectivity index (χ0v) is 16.7. The van der Waals surface area contributed by atoms with Crippen LogP contribution in [0.25, 0.3) is 0 Å². The third kappa shape index (κ3) is 5.95. The second-order valence-corrected chi connectivity index (χ2v) is 7.06. The number of unbranched alkanes of at least 4 members (excludes halogenated alkanes) is 3. The van der Waals surface area contributed by atoms with E-state index in [1.807, 2.05) is 0 Å². The summed E-state index contributed by atoms with van der Waals surface area (Å²) in [5.74, 6) is -0.242. The van der Waals surface area contributed by atoms with Crippen molar-refractivity contribution in [1.29, 1.82) is 0 Å². The average Bonchev–Trinajstić information content (AvgIpc) is 2.60. The van der Waals surface area contributed by atoms with Gasteiger partial charge in [-0.15, -0.1) is 0 Å². The van der Waals surface area contributed by atoms with Gasteiger partial charge < -0.3 is 4.74 Å². The van der Waals surface area contributed by atoms with Crippen molar-refractivity contribution in [3.05, 3.63) is 11.6 Å². The molecule has 0 N–H and O–H groups in total. The Morgan fingerprint density at radius 1 is 1.08 bits per heavy atom. The highest BCUT2D eigenvalue weighted by Gasteiger charge is 2.45. The van der Waals surface area contributed by atoms with Gasteiger partial charge in [-0.05, 0) is 32.7 Å². The van der Waals surface area contributed by atoms with E-state index >= 15 is 0 Å². The van der Waals surface area contributed by atoms with Gasteiger partial charge in [-0.1, -0.05) is 52.9 Å². The Hall–Kier alpha value is -1.16. The van der Waals surface area contributed by atoms with Gasteiger partial charge >= 0.3 is 5.97 Å². The van der Waals surface area contributed by atoms with Crippen LogP contribution in [0.3, 0.4) is 0 Å². The lowest BCUT2D eigenvalue weighted by Gasteiger charge is -2.49. The highest BCUT2D eigenvalue weighted by Crippen LogP contribution is 2.40. The summed E-state index contributed by atoms with van der Waals surface area (Å²) in [5, 5.41) is 0. The molecule has 0 aliphatic carbocycles. The number of rotatable bonds is 11. The number of nitrogens with zero attached hydrogens (tertiary/aromatic N) is 1. The number of hydrogen-bond acceptors (Lipinski definition) is 4. The van der Waals surface area contributed by atoms with Gasteiger partial charge in [-0.2, -0.15) is 0 Å². The molecule has 0 saturated carbocycles. The predicted octanol–water partition coefficient (Wildman–Crippen LogP) is 4.67. The number of carbonyl (C=O) groups excluding carboxylic acids is 2. The van der Waals surface area contributed by atoms with Gasteiger partial charge in [0, 0.05) is 30.2 Å². The van der Waals surface area contributed by atoms with Crippen LogP contribution in [0.15, 0.2) is 11.6 Å². The molecule has 144 valence electrons. The summed E-state index contributed by atoms with van der Waals surface area (Å²) in [7, 11) is 0.